The van der Waals surface area contributed by atoms with Crippen LogP contribution in [0.3, 0.4) is 0 Å². The molecule has 28 heavy (non-hydrogen) atoms. The molecule has 0 bridgehead atoms. The number of nitrogens with zero attached hydrogens (tertiary/aromatic N) is 2. The van der Waals surface area contributed by atoms with Gasteiger partial charge < -0.3 is 20.5 Å². The van der Waals surface area contributed by atoms with Crippen LogP contribution in [-0.2, 0) is 17.6 Å². The summed E-state index contributed by atoms with van der Waals surface area (Å²) < 4.78 is 0. The molecular formula is C20H32IN5OS. The van der Waals surface area contributed by atoms with Crippen LogP contribution in [0.4, 0.5) is 0 Å². The van der Waals surface area contributed by atoms with Crippen LogP contribution in [-0.4, -0.2) is 67.5 Å². The first-order valence-electron chi connectivity index (χ1n) is 9.36. The summed E-state index contributed by atoms with van der Waals surface area (Å²) >= 11 is 1.78. The lowest BCUT2D eigenvalue weighted by atomic mass is 10.1. The summed E-state index contributed by atoms with van der Waals surface area (Å²) in [6.07, 6.45) is 6.08. The molecule has 1 amide bonds. The summed E-state index contributed by atoms with van der Waals surface area (Å²) in [4.78, 5) is 21.2. The smallest absolute Gasteiger partial charge is 0.243 e. The molecule has 2 aromatic rings. The molecule has 0 atom stereocenters. The zero-order chi connectivity index (χ0) is 19.6. The topological polar surface area (TPSA) is 72.5 Å². The third-order valence-electron chi connectivity index (χ3n) is 4.42. The van der Waals surface area contributed by atoms with Gasteiger partial charge in [-0.3, -0.25) is 4.79 Å². The summed E-state index contributed by atoms with van der Waals surface area (Å²) in [5.74, 6) is 1.67. The summed E-state index contributed by atoms with van der Waals surface area (Å²) in [5, 5.41) is 7.92. The first-order valence-corrected chi connectivity index (χ1v) is 10.7. The summed E-state index contributed by atoms with van der Waals surface area (Å²) in [6.45, 7) is 3.89. The van der Waals surface area contributed by atoms with E-state index in [1.54, 1.807) is 30.8 Å². The number of guanidine groups is 1. The average molecular weight is 517 g/mol. The third kappa shape index (κ3) is 7.20. The van der Waals surface area contributed by atoms with Gasteiger partial charge in [0, 0.05) is 50.0 Å². The predicted octanol–water partition coefficient (Wildman–Crippen LogP) is 2.88. The van der Waals surface area contributed by atoms with E-state index in [-0.39, 0.29) is 36.4 Å². The summed E-state index contributed by atoms with van der Waals surface area (Å²) in [7, 11) is 3.49. The number of aromatic amines is 1. The van der Waals surface area contributed by atoms with E-state index >= 15 is 0 Å². The van der Waals surface area contributed by atoms with Gasteiger partial charge in [-0.05, 0) is 30.2 Å². The van der Waals surface area contributed by atoms with Gasteiger partial charge in [-0.1, -0.05) is 25.1 Å². The van der Waals surface area contributed by atoms with Crippen LogP contribution in [0, 0.1) is 0 Å². The highest BCUT2D eigenvalue weighted by molar-refractivity contribution is 14.0. The molecule has 1 aromatic carbocycles. The normalized spacial score (nSPS) is 11.2. The third-order valence-corrected chi connectivity index (χ3v) is 5.04. The molecule has 3 N–H and O–H groups in total. The van der Waals surface area contributed by atoms with Crippen LogP contribution in [0.1, 0.15) is 18.1 Å². The Hall–Kier alpha value is -1.42. The molecule has 0 saturated carbocycles. The summed E-state index contributed by atoms with van der Waals surface area (Å²) in [5.41, 5.74) is 3.87. The maximum atomic E-state index is 11.8. The van der Waals surface area contributed by atoms with Gasteiger partial charge in [0.1, 0.15) is 6.54 Å². The molecule has 0 saturated heterocycles. The first kappa shape index (κ1) is 24.6. The van der Waals surface area contributed by atoms with E-state index in [0.29, 0.717) is 5.96 Å². The van der Waals surface area contributed by atoms with Crippen molar-refractivity contribution in [3.8, 4) is 0 Å². The van der Waals surface area contributed by atoms with Crippen molar-refractivity contribution in [1.82, 2.24) is 20.5 Å². The number of fused-ring (bicyclic) bond motifs is 1. The maximum Gasteiger partial charge on any atom is 0.243 e. The van der Waals surface area contributed by atoms with Crippen LogP contribution in [0.5, 0.6) is 0 Å². The highest BCUT2D eigenvalue weighted by Crippen LogP contribution is 2.22. The highest BCUT2D eigenvalue weighted by atomic mass is 127. The Balaban J connectivity index is 0.00000392. The van der Waals surface area contributed by atoms with E-state index in [1.807, 2.05) is 0 Å². The van der Waals surface area contributed by atoms with Gasteiger partial charge in [-0.2, -0.15) is 11.8 Å². The largest absolute Gasteiger partial charge is 0.361 e. The number of aromatic nitrogens is 1. The molecule has 8 heteroatoms. The van der Waals surface area contributed by atoms with Crippen molar-refractivity contribution >= 4 is 58.5 Å². The van der Waals surface area contributed by atoms with E-state index < -0.39 is 0 Å². The highest BCUT2D eigenvalue weighted by Gasteiger charge is 2.08. The Kier molecular flexibility index (Phi) is 11.4. The standard InChI is InChI=1S/C20H31N5OS.HI/c1-5-15-7-6-8-17-16(13-23-19(15)17)9-10-21-20(22-11-12-27-4)24-14-18(26)25(2)3;/h6-8,13,23H,5,9-12,14H2,1-4H3,(H2,21,22,24);1H. The number of thioether (sulfide) groups is 1. The van der Waals surface area contributed by atoms with Crippen molar-refractivity contribution in [3.63, 3.8) is 0 Å². The molecule has 0 fully saturated rings. The molecule has 0 aliphatic carbocycles. The van der Waals surface area contributed by atoms with Gasteiger partial charge in [0.05, 0.1) is 0 Å². The van der Waals surface area contributed by atoms with Gasteiger partial charge in [-0.15, -0.1) is 24.0 Å². The maximum absolute atomic E-state index is 11.8. The molecule has 0 aliphatic heterocycles. The van der Waals surface area contributed by atoms with Gasteiger partial charge in [0.15, 0.2) is 5.96 Å². The number of para-hydroxylation sites is 1. The number of hydrogen-bond acceptors (Lipinski definition) is 3. The van der Waals surface area contributed by atoms with Crippen molar-refractivity contribution in [2.24, 2.45) is 4.99 Å². The lowest BCUT2D eigenvalue weighted by molar-refractivity contribution is -0.127. The zero-order valence-electron chi connectivity index (χ0n) is 17.2. The minimum Gasteiger partial charge on any atom is -0.361 e. The van der Waals surface area contributed by atoms with Crippen molar-refractivity contribution < 1.29 is 4.79 Å². The minimum atomic E-state index is -0.00955. The second-order valence-corrected chi connectivity index (χ2v) is 7.54. The molecular weight excluding hydrogens is 485 g/mol. The Morgan fingerprint density at radius 3 is 2.64 bits per heavy atom. The van der Waals surface area contributed by atoms with E-state index in [1.165, 1.54) is 22.0 Å². The van der Waals surface area contributed by atoms with Crippen LogP contribution in [0.2, 0.25) is 0 Å². The summed E-state index contributed by atoms with van der Waals surface area (Å²) in [6, 6.07) is 6.46. The molecule has 0 spiro atoms. The van der Waals surface area contributed by atoms with Crippen molar-refractivity contribution in [1.29, 1.82) is 0 Å². The number of carbonyl (C=O) groups is 1. The van der Waals surface area contributed by atoms with Gasteiger partial charge in [0.25, 0.3) is 0 Å². The minimum absolute atomic E-state index is 0. The molecule has 2 rings (SSSR count). The Morgan fingerprint density at radius 1 is 1.21 bits per heavy atom. The van der Waals surface area contributed by atoms with Crippen LogP contribution >= 0.6 is 35.7 Å². The van der Waals surface area contributed by atoms with E-state index in [2.05, 4.69) is 58.2 Å². The number of amides is 1. The molecule has 1 heterocycles. The molecule has 0 aliphatic rings. The quantitative estimate of drug-likeness (QED) is 0.207. The number of aliphatic imine (C=N–C) groups is 1. The average Bonchev–Trinajstić information content (AvgIpc) is 3.08. The zero-order valence-corrected chi connectivity index (χ0v) is 20.3. The predicted molar refractivity (Wildman–Crippen MR) is 132 cm³/mol. The lowest BCUT2D eigenvalue weighted by Crippen LogP contribution is -2.40. The van der Waals surface area contributed by atoms with Crippen LogP contribution in [0.25, 0.3) is 10.9 Å². The second-order valence-electron chi connectivity index (χ2n) is 6.56. The van der Waals surface area contributed by atoms with Crippen molar-refractivity contribution in [3.05, 3.63) is 35.5 Å². The van der Waals surface area contributed by atoms with E-state index in [0.717, 1.165) is 31.7 Å². The molecule has 156 valence electrons. The number of H-pyrrole nitrogens is 1. The van der Waals surface area contributed by atoms with Crippen LogP contribution < -0.4 is 10.6 Å². The van der Waals surface area contributed by atoms with Crippen molar-refractivity contribution in [2.75, 3.05) is 45.7 Å². The van der Waals surface area contributed by atoms with E-state index in [4.69, 9.17) is 0 Å². The monoisotopic (exact) mass is 517 g/mol. The lowest BCUT2D eigenvalue weighted by Gasteiger charge is -2.13. The van der Waals surface area contributed by atoms with Crippen LogP contribution in [0.15, 0.2) is 29.4 Å². The molecule has 6 nitrogen and oxygen atoms in total. The number of benzene rings is 1. The molecule has 1 aromatic heterocycles. The van der Waals surface area contributed by atoms with Crippen molar-refractivity contribution in [2.45, 2.75) is 19.8 Å². The Labute approximate surface area is 189 Å². The Morgan fingerprint density at radius 2 is 1.96 bits per heavy atom. The van der Waals surface area contributed by atoms with E-state index in [9.17, 15) is 4.79 Å². The number of nitrogens with one attached hydrogen (secondary N) is 3. The number of aryl methyl sites for hydroxylation is 1. The number of carbonyl (C=O) groups excluding carboxylic acids is 1. The first-order chi connectivity index (χ1) is 13.1. The second kappa shape index (κ2) is 12.9. The fourth-order valence-electron chi connectivity index (χ4n) is 2.83. The Bertz CT molecular complexity index is 775. The van der Waals surface area contributed by atoms with Gasteiger partial charge in [0.2, 0.25) is 5.91 Å². The number of likely N-dealkylation sites (N-methyl/N-ethyl adjacent to an activating group) is 1. The number of rotatable bonds is 9. The number of hydrogen-bond donors (Lipinski definition) is 3. The molecule has 0 unspecified atom stereocenters. The van der Waals surface area contributed by atoms with Gasteiger partial charge >= 0.3 is 0 Å². The number of halogens is 1. The van der Waals surface area contributed by atoms with Gasteiger partial charge in [-0.25, -0.2) is 4.99 Å². The fraction of sp³-hybridized carbons (Fsp3) is 0.500. The molecule has 0 radical (unpaired) electrons. The SMILES string of the molecule is CCc1cccc2c(CCNC(=NCC(=O)N(C)C)NCCSC)c[nH]c12.I. The fourth-order valence-corrected chi connectivity index (χ4v) is 3.13.